The van der Waals surface area contributed by atoms with E-state index in [1.807, 2.05) is 38.1 Å². The predicted molar refractivity (Wildman–Crippen MR) is 341 cm³/mol. The number of carbonyl (C=O) groups is 8. The smallest absolute Gasteiger partial charge is 0.408 e. The van der Waals surface area contributed by atoms with Crippen LogP contribution in [0.2, 0.25) is 0 Å². The fraction of sp³-hybridized carbons (Fsp3) is 0.656. The average molecular weight is 1340 g/mol. The fourth-order valence-corrected chi connectivity index (χ4v) is 11.8. The summed E-state index contributed by atoms with van der Waals surface area (Å²) in [4.78, 5) is 113. The van der Waals surface area contributed by atoms with Crippen LogP contribution in [0.3, 0.4) is 0 Å². The van der Waals surface area contributed by atoms with Crippen molar-refractivity contribution in [3.8, 4) is 23.0 Å². The van der Waals surface area contributed by atoms with Gasteiger partial charge in [0.05, 0.1) is 62.5 Å². The Morgan fingerprint density at radius 1 is 0.653 bits per heavy atom. The SMILES string of the molecule is C.C.CC(C)(C)[C@H](NC(=O)O[C@H]1CCOC1)C(=O)O.CCC[C@H](NC(=O)[C@@H]1C[C@@]2(CN1)CC(c1ccc3c(c1)OCO3)=NO2)C(O)C(N)=O.CCC[C@H](NC(=O)[C@@H]1C[C@]2(CC(c3ccc4c(c3)OCO4)=NO2)CN1C(=O)[C@@H](NC(=O)O[C@H]1CCOC1)C(C)(C)C)C(O)C(N)=O. The molecule has 4 saturated heterocycles. The summed E-state index contributed by atoms with van der Waals surface area (Å²) in [6.07, 6.45) is -0.739. The van der Waals surface area contributed by atoms with E-state index in [1.165, 1.54) is 4.90 Å². The number of hydrogen-bond acceptors (Lipinski definition) is 23. The van der Waals surface area contributed by atoms with Crippen LogP contribution in [-0.2, 0) is 57.4 Å². The monoisotopic (exact) mass is 1340 g/mol. The van der Waals surface area contributed by atoms with Gasteiger partial charge in [0.1, 0.15) is 30.3 Å². The Morgan fingerprint density at radius 3 is 1.55 bits per heavy atom. The summed E-state index contributed by atoms with van der Waals surface area (Å²) >= 11 is 0. The maximum Gasteiger partial charge on any atom is 0.408 e. The molecule has 8 heterocycles. The minimum absolute atomic E-state index is 0. The van der Waals surface area contributed by atoms with Crippen molar-refractivity contribution in [2.45, 2.75) is 206 Å². The highest BCUT2D eigenvalue weighted by Crippen LogP contribution is 2.43. The first kappa shape index (κ1) is 75.8. The number of alkyl carbamates (subject to hydrolysis) is 2. The van der Waals surface area contributed by atoms with E-state index in [2.05, 4.69) is 36.9 Å². The molecule has 95 heavy (non-hydrogen) atoms. The number of primary amides is 2. The number of rotatable bonds is 20. The molecule has 528 valence electrons. The second kappa shape index (κ2) is 32.5. The number of aliphatic hydroxyl groups excluding tert-OH is 2. The molecule has 0 aromatic heterocycles. The van der Waals surface area contributed by atoms with E-state index < -0.39 is 118 Å². The van der Waals surface area contributed by atoms with Crippen LogP contribution in [0.5, 0.6) is 23.0 Å². The van der Waals surface area contributed by atoms with Gasteiger partial charge in [-0.05, 0) is 60.1 Å². The van der Waals surface area contributed by atoms with Gasteiger partial charge in [0.25, 0.3) is 0 Å². The first-order valence-corrected chi connectivity index (χ1v) is 31.2. The van der Waals surface area contributed by atoms with Crippen molar-refractivity contribution in [2.24, 2.45) is 32.6 Å². The first-order chi connectivity index (χ1) is 44.0. The molecule has 2 unspecified atom stereocenters. The number of benzene rings is 2. The van der Waals surface area contributed by atoms with Gasteiger partial charge in [-0.1, -0.05) is 93.4 Å². The average Bonchev–Trinajstić information content (AvgIpc) is 1.61. The third-order valence-corrected chi connectivity index (χ3v) is 16.9. The van der Waals surface area contributed by atoms with Crippen LogP contribution < -0.4 is 57.0 Å². The van der Waals surface area contributed by atoms with E-state index in [9.17, 15) is 48.6 Å². The highest BCUT2D eigenvalue weighted by atomic mass is 16.7. The number of fused-ring (bicyclic) bond motifs is 2. The van der Waals surface area contributed by atoms with E-state index >= 15 is 0 Å². The van der Waals surface area contributed by atoms with E-state index in [0.29, 0.717) is 100 Å². The zero-order valence-electron chi connectivity index (χ0n) is 53.7. The van der Waals surface area contributed by atoms with Crippen LogP contribution in [0.15, 0.2) is 46.7 Å². The summed E-state index contributed by atoms with van der Waals surface area (Å²) in [6, 6.07) is 5.69. The van der Waals surface area contributed by atoms with E-state index in [4.69, 9.17) is 64.1 Å². The molecule has 2 aromatic rings. The Labute approximate surface area is 552 Å². The molecular formula is C64H96N10O21. The standard InChI is InChI=1S/C31H43N5O10.C20H26N4O6.C11H19NO5.2CH4/c1-5-6-19(24(37)26(32)38)33-27(39)21-13-31(12-20(35-46-31)17-7-8-22-23(11-17)44-16-43-22)15-36(21)28(40)25(30(2,3)4)34-29(41)45-18-9-10-42-14-18;1-2-3-12(17(25)18(21)26)23-19(27)14-8-20(9-22-14)7-13(24-30-20)11-4-5-15-16(6-11)29-10-28-15;1-11(2,3)8(9(13)14)12-10(15)17-7-4-5-16-6-7;;/h7-8,11,18-19,21,24-25,37H,5-6,9-10,12-16H2,1-4H3,(H2,32,38)(H,33,39)(H,34,41);4-6,12,14,17,22,25H,2-3,7-10H2,1H3,(H2,21,26)(H,23,27);7-8H,4-6H2,1-3H3,(H,12,15)(H,13,14);2*1H4/t18-,19-,21-,24?,25+,31+;12-,14-,17?,20+;7-,8+;;/m000../s1. The van der Waals surface area contributed by atoms with Gasteiger partial charge >= 0.3 is 18.2 Å². The number of hydrogen-bond donors (Lipinski definition) is 10. The second-order valence-electron chi connectivity index (χ2n) is 26.4. The molecule has 12 atom stereocenters. The number of nitrogens with two attached hydrogens (primary N) is 2. The Hall–Kier alpha value is -8.26. The highest BCUT2D eigenvalue weighted by molar-refractivity contribution is 6.03. The molecule has 7 amide bonds. The van der Waals surface area contributed by atoms with Gasteiger partial charge in [-0.25, -0.2) is 14.4 Å². The number of carboxylic acids is 1. The molecule has 2 aromatic carbocycles. The van der Waals surface area contributed by atoms with Crippen molar-refractivity contribution in [3.05, 3.63) is 47.5 Å². The molecule has 8 aliphatic rings. The quantitative estimate of drug-likeness (QED) is 0.0911. The molecule has 0 aliphatic carbocycles. The maximum absolute atomic E-state index is 14.4. The van der Waals surface area contributed by atoms with Crippen molar-refractivity contribution >= 4 is 59.1 Å². The highest BCUT2D eigenvalue weighted by Gasteiger charge is 2.56. The molecule has 4 fully saturated rings. The van der Waals surface area contributed by atoms with Crippen LogP contribution in [0.1, 0.15) is 146 Å². The van der Waals surface area contributed by atoms with Crippen molar-refractivity contribution in [1.29, 1.82) is 0 Å². The van der Waals surface area contributed by atoms with Gasteiger partial charge in [-0.3, -0.25) is 24.0 Å². The number of carbonyl (C=O) groups excluding carboxylic acids is 7. The summed E-state index contributed by atoms with van der Waals surface area (Å²) in [7, 11) is 0. The summed E-state index contributed by atoms with van der Waals surface area (Å²) < 4.78 is 42.5. The van der Waals surface area contributed by atoms with Gasteiger partial charge in [0.2, 0.25) is 43.1 Å². The first-order valence-electron chi connectivity index (χ1n) is 31.2. The number of likely N-dealkylation sites (tertiary alicyclic amines) is 1. The summed E-state index contributed by atoms with van der Waals surface area (Å²) in [6.45, 7) is 16.8. The number of nitrogens with zero attached hydrogens (tertiary/aromatic N) is 3. The lowest BCUT2D eigenvalue weighted by molar-refractivity contribution is -0.143. The van der Waals surface area contributed by atoms with Crippen LogP contribution >= 0.6 is 0 Å². The summed E-state index contributed by atoms with van der Waals surface area (Å²) in [5, 5.41) is 51.7. The van der Waals surface area contributed by atoms with E-state index in [1.54, 1.807) is 53.7 Å². The molecule has 0 saturated carbocycles. The Bertz CT molecular complexity index is 3130. The number of ether oxygens (including phenoxy) is 8. The van der Waals surface area contributed by atoms with Crippen molar-refractivity contribution < 1.29 is 101 Å². The number of oxime groups is 2. The van der Waals surface area contributed by atoms with Crippen LogP contribution in [0.4, 0.5) is 9.59 Å². The molecule has 0 radical (unpaired) electrons. The van der Waals surface area contributed by atoms with E-state index in [-0.39, 0.29) is 72.9 Å². The lowest BCUT2D eigenvalue weighted by Crippen LogP contribution is -2.59. The zero-order chi connectivity index (χ0) is 67.6. The maximum atomic E-state index is 14.4. The molecular weight excluding hydrogens is 1240 g/mol. The van der Waals surface area contributed by atoms with Crippen molar-refractivity contribution in [3.63, 3.8) is 0 Å². The zero-order valence-corrected chi connectivity index (χ0v) is 53.7. The van der Waals surface area contributed by atoms with Crippen molar-refractivity contribution in [1.82, 2.24) is 31.5 Å². The minimum atomic E-state index is -1.62. The largest absolute Gasteiger partial charge is 0.480 e. The van der Waals surface area contributed by atoms with Gasteiger partial charge in [0, 0.05) is 56.2 Å². The Balaban J connectivity index is 0.000000249. The van der Waals surface area contributed by atoms with Gasteiger partial charge in [0.15, 0.2) is 46.4 Å². The number of amides is 7. The third-order valence-electron chi connectivity index (χ3n) is 16.9. The molecule has 31 heteroatoms. The van der Waals surface area contributed by atoms with Gasteiger partial charge < -0.3 is 106 Å². The lowest BCUT2D eigenvalue weighted by atomic mass is 9.85. The van der Waals surface area contributed by atoms with Crippen LogP contribution in [0, 0.1) is 10.8 Å². The van der Waals surface area contributed by atoms with Crippen LogP contribution in [0.25, 0.3) is 0 Å². The topological polar surface area (TPSA) is 430 Å². The number of aliphatic hydroxyl groups is 2. The second-order valence-corrected chi connectivity index (χ2v) is 26.4. The molecule has 12 N–H and O–H groups in total. The number of nitrogens with one attached hydrogen (secondary N) is 5. The molecule has 8 aliphatic heterocycles. The molecule has 0 bridgehead atoms. The summed E-state index contributed by atoms with van der Waals surface area (Å²) in [5.74, 6) is -1.75. The molecule has 31 nitrogen and oxygen atoms in total. The third kappa shape index (κ3) is 19.2. The number of carboxylic acid groups (broad SMARTS) is 1. The number of aliphatic carboxylic acids is 1. The van der Waals surface area contributed by atoms with E-state index in [0.717, 1.165) is 16.8 Å². The fourth-order valence-electron chi connectivity index (χ4n) is 11.8. The Morgan fingerprint density at radius 2 is 1.11 bits per heavy atom. The lowest BCUT2D eigenvalue weighted by Gasteiger charge is -2.35. The van der Waals surface area contributed by atoms with Crippen molar-refractivity contribution in [2.75, 3.05) is 53.1 Å². The van der Waals surface area contributed by atoms with Crippen LogP contribution in [-0.4, -0.2) is 204 Å². The predicted octanol–water partition coefficient (Wildman–Crippen LogP) is 2.98. The Kier molecular flexibility index (Phi) is 25.9. The normalized spacial score (nSPS) is 24.5. The van der Waals surface area contributed by atoms with Gasteiger partial charge in [-0.2, -0.15) is 0 Å². The molecule has 2 spiro atoms. The summed E-state index contributed by atoms with van der Waals surface area (Å²) in [5.41, 5.74) is 10.5. The minimum Gasteiger partial charge on any atom is -0.480 e. The molecule has 10 rings (SSSR count). The van der Waals surface area contributed by atoms with Gasteiger partial charge in [-0.15, -0.1) is 0 Å².